The fourth-order valence-corrected chi connectivity index (χ4v) is 2.24. The molecule has 92 valence electrons. The number of benzene rings is 2. The van der Waals surface area contributed by atoms with Crippen LogP contribution in [0.2, 0.25) is 5.02 Å². The molecule has 2 rings (SSSR count). The highest BCUT2D eigenvalue weighted by molar-refractivity contribution is 6.31. The van der Waals surface area contributed by atoms with Crippen LogP contribution in [0.1, 0.15) is 30.0 Å². The summed E-state index contributed by atoms with van der Waals surface area (Å²) >= 11 is 6.20. The van der Waals surface area contributed by atoms with Crippen LogP contribution < -0.4 is 0 Å². The Morgan fingerprint density at radius 3 is 2.44 bits per heavy atom. The van der Waals surface area contributed by atoms with Gasteiger partial charge in [0.2, 0.25) is 0 Å². The zero-order valence-electron chi connectivity index (χ0n) is 10.6. The number of halogens is 1. The van der Waals surface area contributed by atoms with Crippen molar-refractivity contribution in [1.82, 2.24) is 0 Å². The Morgan fingerprint density at radius 2 is 1.78 bits per heavy atom. The van der Waals surface area contributed by atoms with Crippen molar-refractivity contribution in [2.45, 2.75) is 19.8 Å². The topological polar surface area (TPSA) is 0 Å². The van der Waals surface area contributed by atoms with Gasteiger partial charge in [-0.1, -0.05) is 67.9 Å². The van der Waals surface area contributed by atoms with Crippen molar-refractivity contribution in [3.8, 4) is 0 Å². The lowest BCUT2D eigenvalue weighted by atomic mass is 9.97. The lowest BCUT2D eigenvalue weighted by Gasteiger charge is -2.09. The van der Waals surface area contributed by atoms with Crippen molar-refractivity contribution in [1.29, 1.82) is 0 Å². The van der Waals surface area contributed by atoms with E-state index in [1.54, 1.807) is 0 Å². The normalized spacial score (nSPS) is 10.3. The van der Waals surface area contributed by atoms with Gasteiger partial charge in [0.05, 0.1) is 0 Å². The largest absolute Gasteiger partial charge is 0.0906 e. The third-order valence-corrected chi connectivity index (χ3v) is 3.40. The first-order chi connectivity index (χ1) is 8.72. The van der Waals surface area contributed by atoms with Gasteiger partial charge in [-0.2, -0.15) is 0 Å². The van der Waals surface area contributed by atoms with Crippen molar-refractivity contribution in [2.75, 3.05) is 0 Å². The van der Waals surface area contributed by atoms with Gasteiger partial charge in [-0.25, -0.2) is 0 Å². The lowest BCUT2D eigenvalue weighted by molar-refractivity contribution is 0.921. The fraction of sp³-hybridized carbons (Fsp3) is 0.176. The molecule has 0 fully saturated rings. The van der Waals surface area contributed by atoms with Gasteiger partial charge in [0, 0.05) is 5.02 Å². The predicted octanol–water partition coefficient (Wildman–Crippen LogP) is 5.35. The second kappa shape index (κ2) is 5.88. The minimum atomic E-state index is 0.849. The van der Waals surface area contributed by atoms with Crippen LogP contribution in [0, 0.1) is 0 Å². The van der Waals surface area contributed by atoms with E-state index in [2.05, 4.69) is 31.7 Å². The van der Waals surface area contributed by atoms with Gasteiger partial charge in [-0.3, -0.25) is 0 Å². The van der Waals surface area contributed by atoms with Crippen LogP contribution >= 0.6 is 11.6 Å². The smallest absolute Gasteiger partial charge is 0.0438 e. The quantitative estimate of drug-likeness (QED) is 0.691. The zero-order chi connectivity index (χ0) is 13.0. The summed E-state index contributed by atoms with van der Waals surface area (Å²) in [4.78, 5) is 0. The minimum absolute atomic E-state index is 0.849. The average molecular weight is 257 g/mol. The number of rotatable bonds is 4. The van der Waals surface area contributed by atoms with Crippen LogP contribution in [0.25, 0.3) is 5.57 Å². The first kappa shape index (κ1) is 12.9. The summed E-state index contributed by atoms with van der Waals surface area (Å²) in [7, 11) is 0. The molecule has 0 saturated carbocycles. The molecule has 0 bridgehead atoms. The zero-order valence-corrected chi connectivity index (χ0v) is 11.4. The monoisotopic (exact) mass is 256 g/mol. The molecule has 0 nitrogen and oxygen atoms in total. The van der Waals surface area contributed by atoms with E-state index >= 15 is 0 Å². The van der Waals surface area contributed by atoms with Gasteiger partial charge in [-0.05, 0) is 40.8 Å². The third kappa shape index (κ3) is 2.83. The molecule has 0 unspecified atom stereocenters. The third-order valence-electron chi connectivity index (χ3n) is 3.04. The Kier molecular flexibility index (Phi) is 4.22. The lowest BCUT2D eigenvalue weighted by Crippen LogP contribution is -1.91. The SMILES string of the molecule is C=C(c1ccccc1)c1ccc(Cl)c(CCC)c1. The summed E-state index contributed by atoms with van der Waals surface area (Å²) in [6, 6.07) is 16.4. The molecule has 2 aromatic carbocycles. The van der Waals surface area contributed by atoms with Gasteiger partial charge in [0.1, 0.15) is 0 Å². The molecule has 2 aromatic rings. The van der Waals surface area contributed by atoms with E-state index in [-0.39, 0.29) is 0 Å². The highest BCUT2D eigenvalue weighted by atomic mass is 35.5. The van der Waals surface area contributed by atoms with E-state index < -0.39 is 0 Å². The molecule has 0 saturated heterocycles. The summed E-state index contributed by atoms with van der Waals surface area (Å²) in [5.41, 5.74) is 4.55. The predicted molar refractivity (Wildman–Crippen MR) is 80.0 cm³/mol. The van der Waals surface area contributed by atoms with E-state index in [1.165, 1.54) is 5.56 Å². The van der Waals surface area contributed by atoms with Crippen molar-refractivity contribution < 1.29 is 0 Å². The van der Waals surface area contributed by atoms with Crippen LogP contribution in [0.5, 0.6) is 0 Å². The average Bonchev–Trinajstić information content (AvgIpc) is 2.42. The number of aryl methyl sites for hydroxylation is 1. The molecule has 0 N–H and O–H groups in total. The van der Waals surface area contributed by atoms with E-state index in [1.807, 2.05) is 30.3 Å². The van der Waals surface area contributed by atoms with Crippen LogP contribution in [-0.2, 0) is 6.42 Å². The molecular weight excluding hydrogens is 240 g/mol. The first-order valence-electron chi connectivity index (χ1n) is 6.25. The maximum atomic E-state index is 6.20. The molecule has 0 radical (unpaired) electrons. The van der Waals surface area contributed by atoms with Crippen molar-refractivity contribution in [2.24, 2.45) is 0 Å². The Bertz CT molecular complexity index is 541. The summed E-state index contributed by atoms with van der Waals surface area (Å²) in [6.07, 6.45) is 2.11. The van der Waals surface area contributed by atoms with Crippen molar-refractivity contribution in [3.05, 3.63) is 76.8 Å². The highest BCUT2D eigenvalue weighted by Crippen LogP contribution is 2.26. The summed E-state index contributed by atoms with van der Waals surface area (Å²) in [6.45, 7) is 6.34. The van der Waals surface area contributed by atoms with Crippen molar-refractivity contribution >= 4 is 17.2 Å². The summed E-state index contributed by atoms with van der Waals surface area (Å²) < 4.78 is 0. The van der Waals surface area contributed by atoms with Crippen molar-refractivity contribution in [3.63, 3.8) is 0 Å². The summed E-state index contributed by atoms with van der Waals surface area (Å²) in [5.74, 6) is 0. The maximum absolute atomic E-state index is 6.20. The molecule has 0 amide bonds. The van der Waals surface area contributed by atoms with E-state index in [9.17, 15) is 0 Å². The first-order valence-corrected chi connectivity index (χ1v) is 6.63. The molecule has 0 aliphatic carbocycles. The molecule has 0 aliphatic rings. The molecule has 1 heteroatoms. The molecule has 0 heterocycles. The van der Waals surface area contributed by atoms with E-state index in [0.717, 1.165) is 34.6 Å². The van der Waals surface area contributed by atoms with E-state index in [0.29, 0.717) is 0 Å². The molecule has 0 aromatic heterocycles. The van der Waals surface area contributed by atoms with Crippen LogP contribution in [0.15, 0.2) is 55.1 Å². The Labute approximate surface area is 114 Å². The molecule has 18 heavy (non-hydrogen) atoms. The van der Waals surface area contributed by atoms with Gasteiger partial charge in [0.25, 0.3) is 0 Å². The second-order valence-electron chi connectivity index (χ2n) is 4.40. The van der Waals surface area contributed by atoms with E-state index in [4.69, 9.17) is 11.6 Å². The van der Waals surface area contributed by atoms with Gasteiger partial charge < -0.3 is 0 Å². The summed E-state index contributed by atoms with van der Waals surface area (Å²) in [5, 5.41) is 0.849. The fourth-order valence-electron chi connectivity index (χ4n) is 2.03. The van der Waals surface area contributed by atoms with Gasteiger partial charge in [-0.15, -0.1) is 0 Å². The number of hydrogen-bond acceptors (Lipinski definition) is 0. The Hall–Kier alpha value is -1.53. The number of hydrogen-bond donors (Lipinski definition) is 0. The van der Waals surface area contributed by atoms with Gasteiger partial charge >= 0.3 is 0 Å². The van der Waals surface area contributed by atoms with Gasteiger partial charge in [0.15, 0.2) is 0 Å². The molecule has 0 spiro atoms. The Balaban J connectivity index is 2.34. The molecule has 0 atom stereocenters. The standard InChI is InChI=1S/C17H17Cl/c1-3-7-16-12-15(10-11-17(16)18)13(2)14-8-5-4-6-9-14/h4-6,8-12H,2-3,7H2,1H3. The van der Waals surface area contributed by atoms with Crippen LogP contribution in [0.4, 0.5) is 0 Å². The Morgan fingerprint density at radius 1 is 1.06 bits per heavy atom. The maximum Gasteiger partial charge on any atom is 0.0438 e. The second-order valence-corrected chi connectivity index (χ2v) is 4.81. The minimum Gasteiger partial charge on any atom is -0.0906 e. The molecule has 0 aliphatic heterocycles. The van der Waals surface area contributed by atoms with Crippen LogP contribution in [-0.4, -0.2) is 0 Å². The highest BCUT2D eigenvalue weighted by Gasteiger charge is 2.05. The molecular formula is C17H17Cl. The van der Waals surface area contributed by atoms with Crippen LogP contribution in [0.3, 0.4) is 0 Å².